The number of carbonyl (C=O) groups is 1. The van der Waals surface area contributed by atoms with Crippen LogP contribution in [0.15, 0.2) is 18.2 Å². The summed E-state index contributed by atoms with van der Waals surface area (Å²) in [5.41, 5.74) is 2.71. The van der Waals surface area contributed by atoms with Gasteiger partial charge in [-0.25, -0.2) is 0 Å². The Bertz CT molecular complexity index is 626. The highest BCUT2D eigenvalue weighted by atomic mass is 35.5. The molecular formula is C15H17ClN2O. The number of carbonyl (C=O) groups excluding carboxylic acids is 1. The monoisotopic (exact) mass is 276 g/mol. The van der Waals surface area contributed by atoms with Crippen molar-refractivity contribution in [3.63, 3.8) is 0 Å². The summed E-state index contributed by atoms with van der Waals surface area (Å²) in [6, 6.07) is 6.12. The summed E-state index contributed by atoms with van der Waals surface area (Å²) < 4.78 is 2.12. The second-order valence-corrected chi connectivity index (χ2v) is 5.53. The Kier molecular flexibility index (Phi) is 3.31. The van der Waals surface area contributed by atoms with E-state index in [0.717, 1.165) is 23.0 Å². The molecule has 1 aliphatic rings. The number of hydrogen-bond acceptors (Lipinski definition) is 2. The van der Waals surface area contributed by atoms with Crippen LogP contribution in [-0.4, -0.2) is 15.0 Å². The van der Waals surface area contributed by atoms with Crippen LogP contribution in [-0.2, 0) is 6.42 Å². The lowest BCUT2D eigenvalue weighted by Gasteiger charge is -2.11. The molecule has 0 unspecified atom stereocenters. The Morgan fingerprint density at radius 2 is 2.16 bits per heavy atom. The zero-order valence-corrected chi connectivity index (χ0v) is 11.8. The molecule has 100 valence electrons. The van der Waals surface area contributed by atoms with E-state index in [2.05, 4.69) is 11.6 Å². The van der Waals surface area contributed by atoms with Gasteiger partial charge in [-0.3, -0.25) is 9.48 Å². The first-order chi connectivity index (χ1) is 9.20. The standard InChI is InChI=1S/C15H17ClN2O/c1-2-13-12-8-7-10(15(16)19)9-14(12)18(17-13)11-5-3-4-6-11/h7-9,11H,2-6H2,1H3. The number of hydrogen-bond donors (Lipinski definition) is 0. The van der Waals surface area contributed by atoms with E-state index in [-0.39, 0.29) is 0 Å². The zero-order chi connectivity index (χ0) is 13.4. The minimum atomic E-state index is -0.404. The van der Waals surface area contributed by atoms with Crippen molar-refractivity contribution in [2.24, 2.45) is 0 Å². The van der Waals surface area contributed by atoms with E-state index in [4.69, 9.17) is 16.7 Å². The van der Waals surface area contributed by atoms with Crippen molar-refractivity contribution >= 4 is 27.7 Å². The molecule has 0 N–H and O–H groups in total. The average Bonchev–Trinajstić information content (AvgIpc) is 3.04. The Labute approximate surface area is 117 Å². The Hall–Kier alpha value is -1.35. The largest absolute Gasteiger partial charge is 0.276 e. The van der Waals surface area contributed by atoms with Crippen LogP contribution < -0.4 is 0 Å². The summed E-state index contributed by atoms with van der Waals surface area (Å²) >= 11 is 5.59. The molecule has 1 fully saturated rings. The van der Waals surface area contributed by atoms with E-state index in [1.54, 1.807) is 6.07 Å². The van der Waals surface area contributed by atoms with Crippen LogP contribution in [0.3, 0.4) is 0 Å². The molecule has 3 nitrogen and oxygen atoms in total. The summed E-state index contributed by atoms with van der Waals surface area (Å²) in [5.74, 6) is 0. The van der Waals surface area contributed by atoms with Gasteiger partial charge in [0.05, 0.1) is 17.3 Å². The maximum absolute atomic E-state index is 11.3. The first kappa shape index (κ1) is 12.7. The summed E-state index contributed by atoms with van der Waals surface area (Å²) in [5, 5.41) is 5.50. The van der Waals surface area contributed by atoms with E-state index in [1.165, 1.54) is 25.7 Å². The molecule has 0 atom stereocenters. The van der Waals surface area contributed by atoms with Crippen LogP contribution in [0.25, 0.3) is 10.9 Å². The Morgan fingerprint density at radius 1 is 1.42 bits per heavy atom. The highest BCUT2D eigenvalue weighted by Crippen LogP contribution is 2.33. The lowest BCUT2D eigenvalue weighted by molar-refractivity contribution is 0.108. The van der Waals surface area contributed by atoms with Gasteiger partial charge in [0.1, 0.15) is 0 Å². The van der Waals surface area contributed by atoms with Crippen LogP contribution in [0.5, 0.6) is 0 Å². The highest BCUT2D eigenvalue weighted by molar-refractivity contribution is 6.67. The number of halogens is 1. The predicted molar refractivity (Wildman–Crippen MR) is 76.8 cm³/mol. The number of aromatic nitrogens is 2. The van der Waals surface area contributed by atoms with Crippen molar-refractivity contribution in [3.8, 4) is 0 Å². The average molecular weight is 277 g/mol. The fourth-order valence-electron chi connectivity index (χ4n) is 3.01. The predicted octanol–water partition coefficient (Wildman–Crippen LogP) is 4.09. The maximum atomic E-state index is 11.3. The van der Waals surface area contributed by atoms with Gasteiger partial charge in [-0.15, -0.1) is 0 Å². The number of benzene rings is 1. The van der Waals surface area contributed by atoms with Gasteiger partial charge in [0, 0.05) is 10.9 Å². The molecule has 4 heteroatoms. The normalized spacial score (nSPS) is 16.3. The van der Waals surface area contributed by atoms with Crippen molar-refractivity contribution in [2.45, 2.75) is 45.1 Å². The molecule has 1 aromatic carbocycles. The molecule has 1 aromatic heterocycles. The van der Waals surface area contributed by atoms with Crippen LogP contribution in [0.4, 0.5) is 0 Å². The van der Waals surface area contributed by atoms with Crippen LogP contribution >= 0.6 is 11.6 Å². The van der Waals surface area contributed by atoms with Gasteiger partial charge < -0.3 is 0 Å². The van der Waals surface area contributed by atoms with Crippen LogP contribution in [0.1, 0.15) is 54.7 Å². The van der Waals surface area contributed by atoms with E-state index >= 15 is 0 Å². The topological polar surface area (TPSA) is 34.9 Å². The molecule has 0 aliphatic heterocycles. The Morgan fingerprint density at radius 3 is 2.79 bits per heavy atom. The van der Waals surface area contributed by atoms with Gasteiger partial charge in [-0.2, -0.15) is 5.10 Å². The van der Waals surface area contributed by atoms with Gasteiger partial charge in [0.25, 0.3) is 5.24 Å². The second-order valence-electron chi connectivity index (χ2n) is 5.19. The fraction of sp³-hybridized carbons (Fsp3) is 0.467. The second kappa shape index (κ2) is 4.97. The summed E-state index contributed by atoms with van der Waals surface area (Å²) in [4.78, 5) is 11.3. The van der Waals surface area contributed by atoms with Gasteiger partial charge in [-0.05, 0) is 43.0 Å². The van der Waals surface area contributed by atoms with E-state index in [0.29, 0.717) is 11.6 Å². The van der Waals surface area contributed by atoms with Crippen molar-refractivity contribution in [1.82, 2.24) is 9.78 Å². The molecule has 1 aliphatic carbocycles. The summed E-state index contributed by atoms with van der Waals surface area (Å²) in [6.07, 6.45) is 5.80. The van der Waals surface area contributed by atoms with E-state index in [1.807, 2.05) is 12.1 Å². The van der Waals surface area contributed by atoms with Crippen molar-refractivity contribution in [1.29, 1.82) is 0 Å². The van der Waals surface area contributed by atoms with Gasteiger partial charge >= 0.3 is 0 Å². The number of fused-ring (bicyclic) bond motifs is 1. The zero-order valence-electron chi connectivity index (χ0n) is 11.0. The summed E-state index contributed by atoms with van der Waals surface area (Å²) in [6.45, 7) is 2.11. The SMILES string of the molecule is CCc1nn(C2CCCC2)c2cc(C(=O)Cl)ccc12. The van der Waals surface area contributed by atoms with Gasteiger partial charge in [0.15, 0.2) is 0 Å². The van der Waals surface area contributed by atoms with Gasteiger partial charge in [-0.1, -0.05) is 25.8 Å². The molecule has 0 radical (unpaired) electrons. The molecule has 0 amide bonds. The molecule has 1 saturated carbocycles. The van der Waals surface area contributed by atoms with Crippen LogP contribution in [0.2, 0.25) is 0 Å². The van der Waals surface area contributed by atoms with Crippen LogP contribution in [0, 0.1) is 0 Å². The quantitative estimate of drug-likeness (QED) is 0.791. The van der Waals surface area contributed by atoms with Gasteiger partial charge in [0.2, 0.25) is 0 Å². The third-order valence-corrected chi connectivity index (χ3v) is 4.23. The first-order valence-corrected chi connectivity index (χ1v) is 7.29. The van der Waals surface area contributed by atoms with E-state index in [9.17, 15) is 4.79 Å². The third-order valence-electron chi connectivity index (χ3n) is 4.02. The third kappa shape index (κ3) is 2.16. The van der Waals surface area contributed by atoms with E-state index < -0.39 is 5.24 Å². The molecule has 1 heterocycles. The summed E-state index contributed by atoms with van der Waals surface area (Å²) in [7, 11) is 0. The number of nitrogens with zero attached hydrogens (tertiary/aromatic N) is 2. The van der Waals surface area contributed by atoms with Crippen molar-refractivity contribution < 1.29 is 4.79 Å². The fourth-order valence-corrected chi connectivity index (χ4v) is 3.13. The number of aryl methyl sites for hydroxylation is 1. The molecule has 19 heavy (non-hydrogen) atoms. The molecule has 2 aromatic rings. The smallest absolute Gasteiger partial charge is 0.252 e. The Balaban J connectivity index is 2.18. The minimum Gasteiger partial charge on any atom is -0.276 e. The maximum Gasteiger partial charge on any atom is 0.252 e. The van der Waals surface area contributed by atoms with Crippen molar-refractivity contribution in [2.75, 3.05) is 0 Å². The minimum absolute atomic E-state index is 0.404. The number of rotatable bonds is 3. The molecule has 0 saturated heterocycles. The molecular weight excluding hydrogens is 260 g/mol. The lowest BCUT2D eigenvalue weighted by atomic mass is 10.1. The molecule has 3 rings (SSSR count). The molecule has 0 bridgehead atoms. The first-order valence-electron chi connectivity index (χ1n) is 6.91. The lowest BCUT2D eigenvalue weighted by Crippen LogP contribution is -2.07. The van der Waals surface area contributed by atoms with Crippen molar-refractivity contribution in [3.05, 3.63) is 29.5 Å². The highest BCUT2D eigenvalue weighted by Gasteiger charge is 2.21. The molecule has 0 spiro atoms.